The van der Waals surface area contributed by atoms with E-state index in [4.69, 9.17) is 16.3 Å². The number of aromatic carboxylic acids is 1. The molecule has 0 saturated carbocycles. The third kappa shape index (κ3) is 6.03. The second-order valence-electron chi connectivity index (χ2n) is 6.52. The van der Waals surface area contributed by atoms with Crippen LogP contribution in [0.5, 0.6) is 5.75 Å². The lowest BCUT2D eigenvalue weighted by Gasteiger charge is -2.09. The summed E-state index contributed by atoms with van der Waals surface area (Å²) in [6.07, 6.45) is 0. The highest BCUT2D eigenvalue weighted by molar-refractivity contribution is 8.00. The minimum atomic E-state index is -1.17. The molecule has 0 aliphatic rings. The van der Waals surface area contributed by atoms with Crippen LogP contribution in [0.3, 0.4) is 0 Å². The summed E-state index contributed by atoms with van der Waals surface area (Å²) in [7, 11) is 1.52. The number of halogens is 1. The van der Waals surface area contributed by atoms with Gasteiger partial charge in [0.25, 0.3) is 5.91 Å². The van der Waals surface area contributed by atoms with Crippen molar-refractivity contribution in [3.05, 3.63) is 82.9 Å². The number of rotatable bonds is 8. The highest BCUT2D eigenvalue weighted by Crippen LogP contribution is 2.27. The van der Waals surface area contributed by atoms with Crippen LogP contribution < -0.4 is 15.4 Å². The van der Waals surface area contributed by atoms with Crippen molar-refractivity contribution in [3.63, 3.8) is 0 Å². The van der Waals surface area contributed by atoms with Gasteiger partial charge < -0.3 is 20.5 Å². The van der Waals surface area contributed by atoms with Gasteiger partial charge in [-0.25, -0.2) is 4.79 Å². The molecular weight excluding hydrogens is 452 g/mol. The molecule has 0 bridgehead atoms. The van der Waals surface area contributed by atoms with Crippen molar-refractivity contribution >= 4 is 52.5 Å². The van der Waals surface area contributed by atoms with Gasteiger partial charge in [-0.3, -0.25) is 9.59 Å². The molecule has 3 aromatic carbocycles. The van der Waals surface area contributed by atoms with Gasteiger partial charge in [0.15, 0.2) is 0 Å². The summed E-state index contributed by atoms with van der Waals surface area (Å²) in [5.74, 6) is -1.17. The van der Waals surface area contributed by atoms with Gasteiger partial charge in [-0.2, -0.15) is 0 Å². The van der Waals surface area contributed by atoms with E-state index >= 15 is 0 Å². The Morgan fingerprint density at radius 1 is 0.938 bits per heavy atom. The van der Waals surface area contributed by atoms with Gasteiger partial charge in [-0.15, -0.1) is 11.8 Å². The molecule has 0 fully saturated rings. The van der Waals surface area contributed by atoms with Crippen LogP contribution in [0.25, 0.3) is 0 Å². The predicted molar refractivity (Wildman–Crippen MR) is 125 cm³/mol. The first-order chi connectivity index (χ1) is 15.4. The average Bonchev–Trinajstić information content (AvgIpc) is 2.78. The molecule has 0 aliphatic heterocycles. The molecule has 0 aromatic heterocycles. The predicted octanol–water partition coefficient (Wildman–Crippen LogP) is 5.03. The van der Waals surface area contributed by atoms with Crippen LogP contribution in [0, 0.1) is 0 Å². The average molecular weight is 471 g/mol. The Bertz CT molecular complexity index is 1150. The highest BCUT2D eigenvalue weighted by atomic mass is 35.5. The number of thioether (sulfide) groups is 1. The van der Waals surface area contributed by atoms with Crippen LogP contribution in [0.15, 0.2) is 71.6 Å². The summed E-state index contributed by atoms with van der Waals surface area (Å²) >= 11 is 7.39. The smallest absolute Gasteiger partial charge is 0.336 e. The van der Waals surface area contributed by atoms with Crippen molar-refractivity contribution in [1.82, 2.24) is 0 Å². The quantitative estimate of drug-likeness (QED) is 0.399. The molecule has 0 saturated heterocycles. The second kappa shape index (κ2) is 10.7. The Morgan fingerprint density at radius 2 is 1.59 bits per heavy atom. The molecule has 0 atom stereocenters. The summed E-state index contributed by atoms with van der Waals surface area (Å²) in [6.45, 7) is 0. The van der Waals surface area contributed by atoms with E-state index < -0.39 is 11.9 Å². The zero-order chi connectivity index (χ0) is 23.1. The summed E-state index contributed by atoms with van der Waals surface area (Å²) < 4.78 is 5.08. The maximum absolute atomic E-state index is 12.4. The highest BCUT2D eigenvalue weighted by Gasteiger charge is 2.16. The number of methoxy groups -OCH3 is 1. The summed E-state index contributed by atoms with van der Waals surface area (Å²) in [5.41, 5.74) is 1.09. The number of hydrogen-bond acceptors (Lipinski definition) is 5. The van der Waals surface area contributed by atoms with Gasteiger partial charge in [-0.1, -0.05) is 23.7 Å². The Balaban J connectivity index is 1.55. The number of carbonyl (C=O) groups excluding carboxylic acids is 2. The Hall–Kier alpha value is -3.49. The molecular formula is C23H19ClN2O5S. The maximum Gasteiger partial charge on any atom is 0.336 e. The zero-order valence-corrected chi connectivity index (χ0v) is 18.5. The molecule has 164 valence electrons. The number of benzene rings is 3. The molecule has 3 aromatic rings. The van der Waals surface area contributed by atoms with Crippen LogP contribution in [0.1, 0.15) is 20.7 Å². The minimum Gasteiger partial charge on any atom is -0.495 e. The third-order valence-corrected chi connectivity index (χ3v) is 5.63. The van der Waals surface area contributed by atoms with E-state index in [1.54, 1.807) is 54.6 Å². The van der Waals surface area contributed by atoms with Crippen LogP contribution in [-0.4, -0.2) is 35.8 Å². The van der Waals surface area contributed by atoms with E-state index in [-0.39, 0.29) is 22.8 Å². The Morgan fingerprint density at radius 3 is 2.22 bits per heavy atom. The normalized spacial score (nSPS) is 10.3. The van der Waals surface area contributed by atoms with Gasteiger partial charge in [0.2, 0.25) is 5.91 Å². The largest absolute Gasteiger partial charge is 0.495 e. The second-order valence-corrected chi connectivity index (χ2v) is 7.97. The number of nitrogens with one attached hydrogen (secondary N) is 2. The number of carboxylic acids is 1. The molecule has 9 heteroatoms. The minimum absolute atomic E-state index is 0.0682. The van der Waals surface area contributed by atoms with Gasteiger partial charge in [0.1, 0.15) is 5.75 Å². The molecule has 0 unspecified atom stereocenters. The first-order valence-corrected chi connectivity index (χ1v) is 10.7. The summed E-state index contributed by atoms with van der Waals surface area (Å²) in [6, 6.07) is 17.9. The van der Waals surface area contributed by atoms with E-state index in [0.717, 1.165) is 4.90 Å². The molecule has 0 spiro atoms. The van der Waals surface area contributed by atoms with Crippen LogP contribution in [0.4, 0.5) is 11.4 Å². The Labute approximate surface area is 193 Å². The van der Waals surface area contributed by atoms with Crippen molar-refractivity contribution in [1.29, 1.82) is 0 Å². The van der Waals surface area contributed by atoms with Crippen molar-refractivity contribution in [2.45, 2.75) is 4.90 Å². The molecule has 0 radical (unpaired) electrons. The fourth-order valence-corrected chi connectivity index (χ4v) is 3.75. The topological polar surface area (TPSA) is 105 Å². The molecule has 0 heterocycles. The number of amides is 2. The zero-order valence-electron chi connectivity index (χ0n) is 16.9. The van der Waals surface area contributed by atoms with Gasteiger partial charge in [-0.05, 0) is 54.6 Å². The van der Waals surface area contributed by atoms with Crippen molar-refractivity contribution in [2.24, 2.45) is 0 Å². The van der Waals surface area contributed by atoms with Gasteiger partial charge in [0.05, 0.1) is 29.0 Å². The molecule has 0 aliphatic carbocycles. The van der Waals surface area contributed by atoms with Crippen molar-refractivity contribution < 1.29 is 24.2 Å². The Kier molecular flexibility index (Phi) is 7.75. The third-order valence-electron chi connectivity index (χ3n) is 4.32. The van der Waals surface area contributed by atoms with Gasteiger partial charge in [0, 0.05) is 16.3 Å². The van der Waals surface area contributed by atoms with E-state index in [1.807, 2.05) is 0 Å². The van der Waals surface area contributed by atoms with Crippen molar-refractivity contribution in [2.75, 3.05) is 23.5 Å². The molecule has 32 heavy (non-hydrogen) atoms. The van der Waals surface area contributed by atoms with Crippen LogP contribution >= 0.6 is 23.4 Å². The van der Waals surface area contributed by atoms with E-state index in [2.05, 4.69) is 10.6 Å². The molecule has 3 N–H and O–H groups in total. The molecule has 2 amide bonds. The number of carboxylic acid groups (broad SMARTS) is 1. The fourth-order valence-electron chi connectivity index (χ4n) is 2.79. The number of hydrogen-bond donors (Lipinski definition) is 3. The van der Waals surface area contributed by atoms with E-state index in [0.29, 0.717) is 22.1 Å². The van der Waals surface area contributed by atoms with Crippen LogP contribution in [0.2, 0.25) is 5.02 Å². The lowest BCUT2D eigenvalue weighted by molar-refractivity contribution is -0.113. The molecule has 3 rings (SSSR count). The number of anilines is 2. The summed E-state index contributed by atoms with van der Waals surface area (Å²) in [4.78, 5) is 36.7. The lowest BCUT2D eigenvalue weighted by Crippen LogP contribution is -2.16. The van der Waals surface area contributed by atoms with E-state index in [9.17, 15) is 19.5 Å². The maximum atomic E-state index is 12.4. The lowest BCUT2D eigenvalue weighted by atomic mass is 10.1. The summed E-state index contributed by atoms with van der Waals surface area (Å²) in [5, 5.41) is 15.1. The van der Waals surface area contributed by atoms with E-state index in [1.165, 1.54) is 31.0 Å². The first-order valence-electron chi connectivity index (χ1n) is 9.37. The monoisotopic (exact) mass is 470 g/mol. The number of ether oxygens (including phenoxy) is 1. The van der Waals surface area contributed by atoms with Crippen molar-refractivity contribution in [3.8, 4) is 5.75 Å². The van der Waals surface area contributed by atoms with Gasteiger partial charge >= 0.3 is 5.97 Å². The fraction of sp³-hybridized carbons (Fsp3) is 0.0870. The SMILES string of the molecule is COc1ccc(NC(=O)CSc2ccc(NC(=O)c3ccccc3C(=O)O)cc2)cc1Cl. The number of carbonyl (C=O) groups is 3. The standard InChI is InChI=1S/C23H19ClN2O5S/c1-31-20-11-8-15(12-19(20)24)25-21(27)13-32-16-9-6-14(7-10-16)26-22(28)17-4-2-3-5-18(17)23(29)30/h2-12H,13H2,1H3,(H,25,27)(H,26,28)(H,29,30). The van der Waals surface area contributed by atoms with Crippen LogP contribution in [-0.2, 0) is 4.79 Å². The molecule has 7 nitrogen and oxygen atoms in total. The first kappa shape index (κ1) is 23.2.